The molecular weight excluding hydrogens is 238 g/mol. The predicted octanol–water partition coefficient (Wildman–Crippen LogP) is 1.87. The van der Waals surface area contributed by atoms with Crippen LogP contribution in [0.3, 0.4) is 0 Å². The van der Waals surface area contributed by atoms with Gasteiger partial charge in [-0.25, -0.2) is 0 Å². The van der Waals surface area contributed by atoms with Crippen LogP contribution in [0.25, 0.3) is 0 Å². The highest BCUT2D eigenvalue weighted by Gasteiger charge is 2.14. The summed E-state index contributed by atoms with van der Waals surface area (Å²) in [6.45, 7) is 2.80. The van der Waals surface area contributed by atoms with E-state index in [1.807, 2.05) is 38.2 Å². The van der Waals surface area contributed by atoms with E-state index in [0.717, 1.165) is 24.9 Å². The van der Waals surface area contributed by atoms with Gasteiger partial charge in [-0.15, -0.1) is 0 Å². The third-order valence-corrected chi connectivity index (χ3v) is 3.07. The molecule has 102 valence electrons. The molecule has 0 aliphatic carbocycles. The molecule has 1 aromatic carbocycles. The molecule has 1 aromatic rings. The maximum absolute atomic E-state index is 12.2. The van der Waals surface area contributed by atoms with Crippen LogP contribution in [0.15, 0.2) is 24.3 Å². The molecule has 4 nitrogen and oxygen atoms in total. The SMILES string of the molecule is CCC(CC#N)NC(=O)c1ccccc1CCNC. The lowest BCUT2D eigenvalue weighted by Gasteiger charge is -2.15. The molecule has 2 N–H and O–H groups in total. The number of nitrogens with zero attached hydrogens (tertiary/aromatic N) is 1. The Bertz CT molecular complexity index is 451. The highest BCUT2D eigenvalue weighted by molar-refractivity contribution is 5.95. The van der Waals surface area contributed by atoms with E-state index < -0.39 is 0 Å². The van der Waals surface area contributed by atoms with Crippen molar-refractivity contribution in [3.05, 3.63) is 35.4 Å². The van der Waals surface area contributed by atoms with E-state index in [9.17, 15) is 4.79 Å². The number of hydrogen-bond acceptors (Lipinski definition) is 3. The fraction of sp³-hybridized carbons (Fsp3) is 0.467. The third-order valence-electron chi connectivity index (χ3n) is 3.07. The molecule has 0 bridgehead atoms. The second-order valence-electron chi connectivity index (χ2n) is 4.45. The van der Waals surface area contributed by atoms with Crippen molar-refractivity contribution < 1.29 is 4.79 Å². The first-order valence-electron chi connectivity index (χ1n) is 6.63. The lowest BCUT2D eigenvalue weighted by atomic mass is 10.0. The van der Waals surface area contributed by atoms with Gasteiger partial charge in [0.15, 0.2) is 0 Å². The Kier molecular flexibility index (Phi) is 6.62. The Balaban J connectivity index is 2.78. The van der Waals surface area contributed by atoms with Crippen molar-refractivity contribution in [3.63, 3.8) is 0 Å². The average Bonchev–Trinajstić information content (AvgIpc) is 2.44. The minimum atomic E-state index is -0.0891. The van der Waals surface area contributed by atoms with Crippen molar-refractivity contribution in [1.82, 2.24) is 10.6 Å². The number of nitrogens with one attached hydrogen (secondary N) is 2. The van der Waals surface area contributed by atoms with Crippen LogP contribution in [0.2, 0.25) is 0 Å². The quantitative estimate of drug-likeness (QED) is 0.785. The van der Waals surface area contributed by atoms with Crippen molar-refractivity contribution in [2.75, 3.05) is 13.6 Å². The van der Waals surface area contributed by atoms with Crippen LogP contribution >= 0.6 is 0 Å². The van der Waals surface area contributed by atoms with Gasteiger partial charge in [-0.05, 0) is 38.1 Å². The molecule has 19 heavy (non-hydrogen) atoms. The molecular formula is C15H21N3O. The maximum atomic E-state index is 12.2. The van der Waals surface area contributed by atoms with E-state index >= 15 is 0 Å². The van der Waals surface area contributed by atoms with Gasteiger partial charge in [0.2, 0.25) is 0 Å². The molecule has 1 atom stereocenters. The zero-order valence-corrected chi connectivity index (χ0v) is 11.6. The summed E-state index contributed by atoms with van der Waals surface area (Å²) in [5.74, 6) is -0.0891. The molecule has 0 aliphatic rings. The van der Waals surface area contributed by atoms with Gasteiger partial charge in [0, 0.05) is 11.6 Å². The van der Waals surface area contributed by atoms with E-state index in [-0.39, 0.29) is 11.9 Å². The van der Waals surface area contributed by atoms with E-state index in [2.05, 4.69) is 16.7 Å². The lowest BCUT2D eigenvalue weighted by Crippen LogP contribution is -2.34. The highest BCUT2D eigenvalue weighted by Crippen LogP contribution is 2.10. The van der Waals surface area contributed by atoms with Gasteiger partial charge in [-0.1, -0.05) is 25.1 Å². The van der Waals surface area contributed by atoms with Crippen molar-refractivity contribution in [2.24, 2.45) is 0 Å². The predicted molar refractivity (Wildman–Crippen MR) is 75.8 cm³/mol. The molecule has 0 aromatic heterocycles. The van der Waals surface area contributed by atoms with Crippen molar-refractivity contribution in [1.29, 1.82) is 5.26 Å². The summed E-state index contributed by atoms with van der Waals surface area (Å²) >= 11 is 0. The first-order valence-corrected chi connectivity index (χ1v) is 6.63. The van der Waals surface area contributed by atoms with E-state index in [0.29, 0.717) is 12.0 Å². The molecule has 1 rings (SSSR count). The van der Waals surface area contributed by atoms with Crippen LogP contribution in [-0.4, -0.2) is 25.5 Å². The van der Waals surface area contributed by atoms with Crippen LogP contribution in [0.4, 0.5) is 0 Å². The number of benzene rings is 1. The van der Waals surface area contributed by atoms with Crippen LogP contribution < -0.4 is 10.6 Å². The van der Waals surface area contributed by atoms with Gasteiger partial charge in [0.05, 0.1) is 12.5 Å². The van der Waals surface area contributed by atoms with Gasteiger partial charge < -0.3 is 10.6 Å². The molecule has 1 amide bonds. The first kappa shape index (κ1) is 15.2. The smallest absolute Gasteiger partial charge is 0.251 e. The second-order valence-corrected chi connectivity index (χ2v) is 4.45. The zero-order valence-electron chi connectivity index (χ0n) is 11.6. The Hall–Kier alpha value is -1.86. The molecule has 0 heterocycles. The largest absolute Gasteiger partial charge is 0.348 e. The summed E-state index contributed by atoms with van der Waals surface area (Å²) in [4.78, 5) is 12.2. The molecule has 0 radical (unpaired) electrons. The first-order chi connectivity index (χ1) is 9.22. The van der Waals surface area contributed by atoms with Crippen LogP contribution in [0.5, 0.6) is 0 Å². The average molecular weight is 259 g/mol. The summed E-state index contributed by atoms with van der Waals surface area (Å²) in [6, 6.07) is 9.63. The molecule has 0 aliphatic heterocycles. The summed E-state index contributed by atoms with van der Waals surface area (Å²) in [6.07, 6.45) is 1.92. The highest BCUT2D eigenvalue weighted by atomic mass is 16.1. The Morgan fingerprint density at radius 2 is 2.16 bits per heavy atom. The molecule has 0 saturated heterocycles. The number of likely N-dealkylation sites (N-methyl/N-ethyl adjacent to an activating group) is 1. The second kappa shape index (κ2) is 8.28. The number of rotatable bonds is 7. The van der Waals surface area contributed by atoms with Gasteiger partial charge in [-0.2, -0.15) is 5.26 Å². The minimum absolute atomic E-state index is 0.0742. The van der Waals surface area contributed by atoms with E-state index in [4.69, 9.17) is 5.26 Å². The molecule has 0 fully saturated rings. The Morgan fingerprint density at radius 1 is 1.42 bits per heavy atom. The standard InChI is InChI=1S/C15H21N3O/c1-3-13(8-10-16)18-15(19)14-7-5-4-6-12(14)9-11-17-2/h4-7,13,17H,3,8-9,11H2,1-2H3,(H,18,19). The zero-order chi connectivity index (χ0) is 14.1. The number of hydrogen-bond donors (Lipinski definition) is 2. The van der Waals surface area contributed by atoms with Gasteiger partial charge >= 0.3 is 0 Å². The molecule has 0 saturated carbocycles. The van der Waals surface area contributed by atoms with Crippen molar-refractivity contribution in [3.8, 4) is 6.07 Å². The fourth-order valence-electron chi connectivity index (χ4n) is 1.89. The lowest BCUT2D eigenvalue weighted by molar-refractivity contribution is 0.0935. The van der Waals surface area contributed by atoms with E-state index in [1.165, 1.54) is 0 Å². The molecule has 0 spiro atoms. The summed E-state index contributed by atoms with van der Waals surface area (Å²) in [7, 11) is 1.89. The third kappa shape index (κ3) is 4.72. The van der Waals surface area contributed by atoms with Crippen molar-refractivity contribution >= 4 is 5.91 Å². The summed E-state index contributed by atoms with van der Waals surface area (Å²) in [5, 5.41) is 14.7. The van der Waals surface area contributed by atoms with Crippen LogP contribution in [0.1, 0.15) is 35.7 Å². The number of carbonyl (C=O) groups excluding carboxylic acids is 1. The van der Waals surface area contributed by atoms with Crippen LogP contribution in [0, 0.1) is 11.3 Å². The van der Waals surface area contributed by atoms with Gasteiger partial charge in [-0.3, -0.25) is 4.79 Å². The maximum Gasteiger partial charge on any atom is 0.251 e. The van der Waals surface area contributed by atoms with Crippen molar-refractivity contribution in [2.45, 2.75) is 32.2 Å². The summed E-state index contributed by atoms with van der Waals surface area (Å²) < 4.78 is 0. The normalized spacial score (nSPS) is 11.6. The summed E-state index contributed by atoms with van der Waals surface area (Å²) in [5.41, 5.74) is 1.73. The Labute approximate surface area is 114 Å². The number of carbonyl (C=O) groups is 1. The Morgan fingerprint density at radius 3 is 2.79 bits per heavy atom. The number of amides is 1. The molecule has 4 heteroatoms. The monoisotopic (exact) mass is 259 g/mol. The van der Waals surface area contributed by atoms with Crippen LogP contribution in [-0.2, 0) is 6.42 Å². The molecule has 1 unspecified atom stereocenters. The van der Waals surface area contributed by atoms with Gasteiger partial charge in [0.1, 0.15) is 0 Å². The minimum Gasteiger partial charge on any atom is -0.348 e. The fourth-order valence-corrected chi connectivity index (χ4v) is 1.89. The van der Waals surface area contributed by atoms with E-state index in [1.54, 1.807) is 0 Å². The number of nitriles is 1. The topological polar surface area (TPSA) is 64.9 Å². The van der Waals surface area contributed by atoms with Gasteiger partial charge in [0.25, 0.3) is 5.91 Å².